The van der Waals surface area contributed by atoms with E-state index in [1.54, 1.807) is 0 Å². The number of nitrogens with one attached hydrogen (secondary N) is 1. The van der Waals surface area contributed by atoms with E-state index in [0.29, 0.717) is 6.42 Å². The third kappa shape index (κ3) is 3.74. The number of nitrogens with zero attached hydrogens (tertiary/aromatic N) is 1. The minimum atomic E-state index is 0. The van der Waals surface area contributed by atoms with Crippen LogP contribution in [-0.4, -0.2) is 16.4 Å². The lowest BCUT2D eigenvalue weighted by Crippen LogP contribution is -2.22. The lowest BCUT2D eigenvalue weighted by atomic mass is 9.87. The van der Waals surface area contributed by atoms with Crippen molar-refractivity contribution in [1.29, 1.82) is 0 Å². The van der Waals surface area contributed by atoms with Crippen LogP contribution in [0.5, 0.6) is 0 Å². The highest BCUT2D eigenvalue weighted by Gasteiger charge is 2.24. The molecule has 1 amide bonds. The van der Waals surface area contributed by atoms with E-state index in [1.165, 1.54) is 48.2 Å². The molecule has 1 aromatic heterocycles. The Hall–Kier alpha value is -2.20. The normalized spacial score (nSPS) is 15.5. The predicted octanol–water partition coefficient (Wildman–Crippen LogP) is 3.20. The maximum absolute atomic E-state index is 12.6. The lowest BCUT2D eigenvalue weighted by Gasteiger charge is -2.26. The second kappa shape index (κ2) is 7.79. The number of carbonyl (C=O) groups is 1. The third-order valence-electron chi connectivity index (χ3n) is 5.22. The molecule has 1 aromatic carbocycles. The van der Waals surface area contributed by atoms with E-state index in [0.717, 1.165) is 36.9 Å². The van der Waals surface area contributed by atoms with Gasteiger partial charge in [-0.25, -0.2) is 0 Å². The molecule has 132 valence electrons. The number of pyridine rings is 1. The van der Waals surface area contributed by atoms with Crippen LogP contribution in [0, 0.1) is 0 Å². The Balaban J connectivity index is 0.00000182. The lowest BCUT2D eigenvalue weighted by molar-refractivity contribution is -0.115. The Labute approximate surface area is 149 Å². The molecule has 0 spiro atoms. The molecule has 4 heteroatoms. The number of hydrogen-bond acceptors (Lipinski definition) is 2. The third-order valence-corrected chi connectivity index (χ3v) is 5.22. The van der Waals surface area contributed by atoms with Crippen LogP contribution in [0.25, 0.3) is 0 Å². The van der Waals surface area contributed by atoms with Crippen LogP contribution in [0.2, 0.25) is 0 Å². The van der Waals surface area contributed by atoms with Crippen molar-refractivity contribution in [3.8, 4) is 0 Å². The number of hydrogen-bond donors (Lipinski definition) is 1. The first-order chi connectivity index (χ1) is 11.8. The fourth-order valence-electron chi connectivity index (χ4n) is 4.02. The largest absolute Gasteiger partial charge is 0.412 e. The number of aryl methyl sites for hydroxylation is 2. The molecule has 0 fully saturated rings. The SMILES string of the molecule is O.O=C(Cc1ccccc1)Nc1c2c(nc3c1CCCC3)CCCC2. The van der Waals surface area contributed by atoms with Crippen LogP contribution < -0.4 is 5.32 Å². The minimum Gasteiger partial charge on any atom is -0.412 e. The van der Waals surface area contributed by atoms with Gasteiger partial charge in [-0.15, -0.1) is 0 Å². The summed E-state index contributed by atoms with van der Waals surface area (Å²) in [5.74, 6) is 0.0907. The molecule has 0 radical (unpaired) electrons. The van der Waals surface area contributed by atoms with Crippen LogP contribution in [0.4, 0.5) is 5.69 Å². The monoisotopic (exact) mass is 338 g/mol. The molecular formula is C21H26N2O2. The van der Waals surface area contributed by atoms with Crippen LogP contribution >= 0.6 is 0 Å². The van der Waals surface area contributed by atoms with E-state index in [2.05, 4.69) is 5.32 Å². The van der Waals surface area contributed by atoms with Gasteiger partial charge in [0.2, 0.25) is 5.91 Å². The van der Waals surface area contributed by atoms with E-state index >= 15 is 0 Å². The minimum absolute atomic E-state index is 0. The molecule has 0 saturated heterocycles. The molecule has 4 nitrogen and oxygen atoms in total. The van der Waals surface area contributed by atoms with Crippen molar-refractivity contribution in [3.05, 3.63) is 58.4 Å². The Kier molecular flexibility index (Phi) is 5.49. The number of anilines is 1. The molecule has 3 N–H and O–H groups in total. The number of amides is 1. The fraction of sp³-hybridized carbons (Fsp3) is 0.429. The van der Waals surface area contributed by atoms with Crippen molar-refractivity contribution in [2.24, 2.45) is 0 Å². The number of fused-ring (bicyclic) bond motifs is 2. The van der Waals surface area contributed by atoms with Crippen molar-refractivity contribution in [1.82, 2.24) is 4.98 Å². The van der Waals surface area contributed by atoms with Crippen LogP contribution in [0.15, 0.2) is 30.3 Å². The van der Waals surface area contributed by atoms with Crippen LogP contribution in [0.3, 0.4) is 0 Å². The maximum Gasteiger partial charge on any atom is 0.228 e. The molecular weight excluding hydrogens is 312 g/mol. The molecule has 1 heterocycles. The highest BCUT2D eigenvalue weighted by molar-refractivity contribution is 5.94. The summed E-state index contributed by atoms with van der Waals surface area (Å²) in [4.78, 5) is 17.6. The van der Waals surface area contributed by atoms with E-state index in [1.807, 2.05) is 30.3 Å². The standard InChI is InChI=1S/C21H24N2O.H2O/c24-20(14-15-8-2-1-3-9-15)23-21-16-10-4-6-12-18(16)22-19-13-7-5-11-17(19)21;/h1-3,8-9H,4-7,10-14H2,(H,22,23,24);1H2. The van der Waals surface area contributed by atoms with Crippen molar-refractivity contribution in [2.75, 3.05) is 5.32 Å². The van der Waals surface area contributed by atoms with Crippen molar-refractivity contribution < 1.29 is 10.3 Å². The summed E-state index contributed by atoms with van der Waals surface area (Å²) in [6.07, 6.45) is 9.50. The van der Waals surface area contributed by atoms with Crippen molar-refractivity contribution in [2.45, 2.75) is 57.8 Å². The van der Waals surface area contributed by atoms with Gasteiger partial charge in [0.05, 0.1) is 12.1 Å². The van der Waals surface area contributed by atoms with Gasteiger partial charge in [0.25, 0.3) is 0 Å². The first-order valence-electron chi connectivity index (χ1n) is 9.18. The maximum atomic E-state index is 12.6. The van der Waals surface area contributed by atoms with E-state index in [9.17, 15) is 4.79 Å². The zero-order chi connectivity index (χ0) is 16.4. The summed E-state index contributed by atoms with van der Waals surface area (Å²) in [5.41, 5.74) is 7.25. The Morgan fingerprint density at radius 1 is 0.880 bits per heavy atom. The first-order valence-corrected chi connectivity index (χ1v) is 9.18. The zero-order valence-electron chi connectivity index (χ0n) is 14.6. The highest BCUT2D eigenvalue weighted by Crippen LogP contribution is 2.35. The van der Waals surface area contributed by atoms with Gasteiger partial charge >= 0.3 is 0 Å². The molecule has 0 aliphatic heterocycles. The van der Waals surface area contributed by atoms with Gasteiger partial charge in [-0.05, 0) is 68.1 Å². The highest BCUT2D eigenvalue weighted by atomic mass is 16.1. The van der Waals surface area contributed by atoms with E-state index in [-0.39, 0.29) is 11.4 Å². The second-order valence-corrected chi connectivity index (χ2v) is 6.96. The average molecular weight is 338 g/mol. The molecule has 4 rings (SSSR count). The molecule has 2 aromatic rings. The van der Waals surface area contributed by atoms with Gasteiger partial charge in [0, 0.05) is 11.4 Å². The smallest absolute Gasteiger partial charge is 0.228 e. The molecule has 0 saturated carbocycles. The molecule has 0 bridgehead atoms. The van der Waals surface area contributed by atoms with Crippen molar-refractivity contribution in [3.63, 3.8) is 0 Å². The molecule has 2 aliphatic rings. The quantitative estimate of drug-likeness (QED) is 0.933. The summed E-state index contributed by atoms with van der Waals surface area (Å²) in [6.45, 7) is 0. The number of carbonyl (C=O) groups excluding carboxylic acids is 1. The average Bonchev–Trinajstić information content (AvgIpc) is 2.62. The van der Waals surface area contributed by atoms with Crippen LogP contribution in [-0.2, 0) is 36.9 Å². The van der Waals surface area contributed by atoms with Crippen LogP contribution in [0.1, 0.15) is 53.8 Å². The topological polar surface area (TPSA) is 73.5 Å². The summed E-state index contributed by atoms with van der Waals surface area (Å²) in [7, 11) is 0. The van der Waals surface area contributed by atoms with Gasteiger partial charge in [0.15, 0.2) is 0 Å². The number of benzene rings is 1. The van der Waals surface area contributed by atoms with E-state index < -0.39 is 0 Å². The second-order valence-electron chi connectivity index (χ2n) is 6.96. The summed E-state index contributed by atoms with van der Waals surface area (Å²) < 4.78 is 0. The van der Waals surface area contributed by atoms with Crippen molar-refractivity contribution >= 4 is 11.6 Å². The zero-order valence-corrected chi connectivity index (χ0v) is 14.6. The Morgan fingerprint density at radius 2 is 1.44 bits per heavy atom. The molecule has 0 atom stereocenters. The molecule has 2 aliphatic carbocycles. The first kappa shape index (κ1) is 17.6. The molecule has 25 heavy (non-hydrogen) atoms. The van der Waals surface area contributed by atoms with Gasteiger partial charge in [-0.3, -0.25) is 9.78 Å². The summed E-state index contributed by atoms with van der Waals surface area (Å²) in [5, 5.41) is 3.27. The van der Waals surface area contributed by atoms with Gasteiger partial charge in [-0.2, -0.15) is 0 Å². The number of rotatable bonds is 3. The number of aromatic nitrogens is 1. The predicted molar refractivity (Wildman–Crippen MR) is 99.9 cm³/mol. The summed E-state index contributed by atoms with van der Waals surface area (Å²) in [6, 6.07) is 9.97. The molecule has 0 unspecified atom stereocenters. The van der Waals surface area contributed by atoms with Gasteiger partial charge in [-0.1, -0.05) is 30.3 Å². The van der Waals surface area contributed by atoms with E-state index in [4.69, 9.17) is 4.98 Å². The van der Waals surface area contributed by atoms with Gasteiger partial charge < -0.3 is 10.8 Å². The van der Waals surface area contributed by atoms with Gasteiger partial charge in [0.1, 0.15) is 0 Å². The Bertz CT molecular complexity index is 722. The fourth-order valence-corrected chi connectivity index (χ4v) is 4.02. The summed E-state index contributed by atoms with van der Waals surface area (Å²) >= 11 is 0. The Morgan fingerprint density at radius 3 is 2.04 bits per heavy atom.